The van der Waals surface area contributed by atoms with E-state index in [1.54, 1.807) is 18.2 Å². The first kappa shape index (κ1) is 14.4. The van der Waals surface area contributed by atoms with Crippen molar-refractivity contribution in [1.82, 2.24) is 0 Å². The first-order chi connectivity index (χ1) is 8.97. The Morgan fingerprint density at radius 2 is 1.89 bits per heavy atom. The molecule has 0 aromatic heterocycles. The maximum atomic E-state index is 13.6. The Bertz CT molecular complexity index is 604. The Morgan fingerprint density at radius 3 is 2.58 bits per heavy atom. The Labute approximate surface area is 123 Å². The summed E-state index contributed by atoms with van der Waals surface area (Å²) in [6.45, 7) is 0. The van der Waals surface area contributed by atoms with Gasteiger partial charge >= 0.3 is 0 Å². The molecule has 0 saturated heterocycles. The maximum Gasteiger partial charge on any atom is 0.129 e. The topological polar surface area (TPSA) is 26.0 Å². The molecule has 1 nitrogen and oxygen atoms in total. The normalized spacial score (nSPS) is 12.5. The van der Waals surface area contributed by atoms with Gasteiger partial charge in [0.1, 0.15) is 11.6 Å². The van der Waals surface area contributed by atoms with Crippen LogP contribution in [0.2, 0.25) is 5.02 Å². The second-order valence-electron chi connectivity index (χ2n) is 4.21. The van der Waals surface area contributed by atoms with Crippen LogP contribution < -0.4 is 5.73 Å². The van der Waals surface area contributed by atoms with E-state index in [-0.39, 0.29) is 6.42 Å². The largest absolute Gasteiger partial charge is 0.324 e. The Balaban J connectivity index is 2.25. The van der Waals surface area contributed by atoms with Crippen molar-refractivity contribution < 1.29 is 8.78 Å². The maximum absolute atomic E-state index is 13.6. The zero-order chi connectivity index (χ0) is 14.0. The van der Waals surface area contributed by atoms with Crippen LogP contribution in [0, 0.1) is 11.6 Å². The molecule has 1 atom stereocenters. The van der Waals surface area contributed by atoms with Gasteiger partial charge in [-0.1, -0.05) is 33.6 Å². The molecule has 0 aliphatic carbocycles. The highest BCUT2D eigenvalue weighted by Gasteiger charge is 2.14. The zero-order valence-corrected chi connectivity index (χ0v) is 12.2. The number of hydrogen-bond acceptors (Lipinski definition) is 1. The third kappa shape index (κ3) is 3.53. The minimum absolute atomic E-state index is 0.252. The summed E-state index contributed by atoms with van der Waals surface area (Å²) < 4.78 is 27.2. The molecule has 0 aliphatic rings. The standard InChI is InChI=1S/C14H11BrClF2N/c15-9-2-4-12(16)11(6-9)14(19)5-8-1-3-10(17)7-13(8)18/h1-4,6-7,14H,5,19H2. The lowest BCUT2D eigenvalue weighted by Gasteiger charge is -2.15. The summed E-state index contributed by atoms with van der Waals surface area (Å²) in [4.78, 5) is 0. The smallest absolute Gasteiger partial charge is 0.129 e. The van der Waals surface area contributed by atoms with Gasteiger partial charge in [0.05, 0.1) is 0 Å². The number of nitrogens with two attached hydrogens (primary N) is 1. The van der Waals surface area contributed by atoms with Gasteiger partial charge in [0, 0.05) is 21.6 Å². The molecule has 0 spiro atoms. The molecule has 2 aromatic carbocycles. The van der Waals surface area contributed by atoms with Crippen molar-refractivity contribution in [2.75, 3.05) is 0 Å². The van der Waals surface area contributed by atoms with Crippen LogP contribution in [0.4, 0.5) is 8.78 Å². The predicted molar refractivity (Wildman–Crippen MR) is 76.1 cm³/mol. The van der Waals surface area contributed by atoms with Gasteiger partial charge in [-0.05, 0) is 41.8 Å². The van der Waals surface area contributed by atoms with E-state index in [2.05, 4.69) is 15.9 Å². The SMILES string of the molecule is NC(Cc1ccc(F)cc1F)c1cc(Br)ccc1Cl. The fourth-order valence-electron chi connectivity index (χ4n) is 1.83. The summed E-state index contributed by atoms with van der Waals surface area (Å²) in [5, 5.41) is 0.526. The Hall–Kier alpha value is -0.970. The summed E-state index contributed by atoms with van der Waals surface area (Å²) in [6.07, 6.45) is 0.252. The zero-order valence-electron chi connectivity index (χ0n) is 9.84. The fraction of sp³-hybridized carbons (Fsp3) is 0.143. The highest BCUT2D eigenvalue weighted by molar-refractivity contribution is 9.10. The van der Waals surface area contributed by atoms with E-state index >= 15 is 0 Å². The molecule has 2 rings (SSSR count). The van der Waals surface area contributed by atoms with Gasteiger partial charge in [-0.25, -0.2) is 8.78 Å². The van der Waals surface area contributed by atoms with Crippen LogP contribution in [-0.2, 0) is 6.42 Å². The lowest BCUT2D eigenvalue weighted by molar-refractivity contribution is 0.563. The third-order valence-corrected chi connectivity index (χ3v) is 3.65. The number of hydrogen-bond donors (Lipinski definition) is 1. The molecule has 0 amide bonds. The highest BCUT2D eigenvalue weighted by atomic mass is 79.9. The first-order valence-corrected chi connectivity index (χ1v) is 6.79. The minimum Gasteiger partial charge on any atom is -0.324 e. The van der Waals surface area contributed by atoms with Crippen LogP contribution in [0.25, 0.3) is 0 Å². The molecule has 100 valence electrons. The number of halogens is 4. The van der Waals surface area contributed by atoms with Crippen molar-refractivity contribution in [3.05, 3.63) is 68.7 Å². The Kier molecular flexibility index (Phi) is 4.55. The van der Waals surface area contributed by atoms with Gasteiger partial charge in [0.2, 0.25) is 0 Å². The summed E-state index contributed by atoms with van der Waals surface area (Å²) in [6, 6.07) is 8.34. The monoisotopic (exact) mass is 345 g/mol. The summed E-state index contributed by atoms with van der Waals surface area (Å²) in [5.74, 6) is -1.20. The van der Waals surface area contributed by atoms with E-state index in [4.69, 9.17) is 17.3 Å². The van der Waals surface area contributed by atoms with E-state index in [9.17, 15) is 8.78 Å². The van der Waals surface area contributed by atoms with Crippen molar-refractivity contribution in [1.29, 1.82) is 0 Å². The molecule has 2 N–H and O–H groups in total. The van der Waals surface area contributed by atoms with Crippen molar-refractivity contribution in [3.63, 3.8) is 0 Å². The minimum atomic E-state index is -0.602. The van der Waals surface area contributed by atoms with Crippen molar-refractivity contribution >= 4 is 27.5 Å². The highest BCUT2D eigenvalue weighted by Crippen LogP contribution is 2.28. The quantitative estimate of drug-likeness (QED) is 0.862. The molecule has 0 bridgehead atoms. The Morgan fingerprint density at radius 1 is 1.16 bits per heavy atom. The van der Waals surface area contributed by atoms with E-state index in [1.807, 2.05) is 0 Å². The molecule has 0 radical (unpaired) electrons. The average molecular weight is 347 g/mol. The molecular formula is C14H11BrClF2N. The molecule has 0 saturated carbocycles. The van der Waals surface area contributed by atoms with E-state index in [0.29, 0.717) is 10.6 Å². The molecule has 2 aromatic rings. The van der Waals surface area contributed by atoms with Crippen molar-refractivity contribution in [2.45, 2.75) is 12.5 Å². The predicted octanol–water partition coefficient (Wildman–Crippen LogP) is 4.62. The van der Waals surface area contributed by atoms with Crippen LogP contribution in [0.15, 0.2) is 40.9 Å². The molecule has 1 unspecified atom stereocenters. The lowest BCUT2D eigenvalue weighted by atomic mass is 9.99. The van der Waals surface area contributed by atoms with Crippen LogP contribution in [0.1, 0.15) is 17.2 Å². The molecule has 0 fully saturated rings. The summed E-state index contributed by atoms with van der Waals surface area (Å²) in [7, 11) is 0. The van der Waals surface area contributed by atoms with Crippen molar-refractivity contribution in [2.24, 2.45) is 5.73 Å². The van der Waals surface area contributed by atoms with Crippen molar-refractivity contribution in [3.8, 4) is 0 Å². The molecule has 0 aliphatic heterocycles. The van der Waals surface area contributed by atoms with Crippen LogP contribution in [0.5, 0.6) is 0 Å². The van der Waals surface area contributed by atoms with Gasteiger partial charge in [0.25, 0.3) is 0 Å². The van der Waals surface area contributed by atoms with Crippen LogP contribution in [0.3, 0.4) is 0 Å². The van der Waals surface area contributed by atoms with E-state index in [0.717, 1.165) is 16.1 Å². The van der Waals surface area contributed by atoms with Gasteiger partial charge in [-0.3, -0.25) is 0 Å². The molecular weight excluding hydrogens is 336 g/mol. The first-order valence-electron chi connectivity index (χ1n) is 5.62. The van der Waals surface area contributed by atoms with E-state index in [1.165, 1.54) is 12.1 Å². The summed E-state index contributed by atoms with van der Waals surface area (Å²) >= 11 is 9.40. The van der Waals surface area contributed by atoms with Gasteiger partial charge < -0.3 is 5.73 Å². The number of rotatable bonds is 3. The van der Waals surface area contributed by atoms with Crippen LogP contribution in [-0.4, -0.2) is 0 Å². The summed E-state index contributed by atoms with van der Waals surface area (Å²) in [5.41, 5.74) is 7.13. The lowest BCUT2D eigenvalue weighted by Crippen LogP contribution is -2.14. The second kappa shape index (κ2) is 5.99. The second-order valence-corrected chi connectivity index (χ2v) is 5.54. The van der Waals surface area contributed by atoms with Gasteiger partial charge in [0.15, 0.2) is 0 Å². The third-order valence-electron chi connectivity index (χ3n) is 2.81. The average Bonchev–Trinajstić information content (AvgIpc) is 2.35. The van der Waals surface area contributed by atoms with Gasteiger partial charge in [-0.15, -0.1) is 0 Å². The van der Waals surface area contributed by atoms with Gasteiger partial charge in [-0.2, -0.15) is 0 Å². The molecule has 5 heteroatoms. The molecule has 19 heavy (non-hydrogen) atoms. The fourth-order valence-corrected chi connectivity index (χ4v) is 2.47. The molecule has 0 heterocycles. The van der Waals surface area contributed by atoms with E-state index < -0.39 is 17.7 Å². The van der Waals surface area contributed by atoms with Crippen LogP contribution >= 0.6 is 27.5 Å². The number of benzene rings is 2.